The molecule has 174 valence electrons. The molecule has 0 fully saturated rings. The summed E-state index contributed by atoms with van der Waals surface area (Å²) in [5.74, 6) is -0.642. The fourth-order valence-corrected chi connectivity index (χ4v) is 3.76. The number of hydrogen-bond donors (Lipinski definition) is 2. The molecule has 2 aromatic carbocycles. The van der Waals surface area contributed by atoms with Crippen molar-refractivity contribution in [3.8, 4) is 0 Å². The number of benzene rings is 2. The molecule has 8 heteroatoms. The maximum Gasteiger partial charge on any atom is 0.350 e. The largest absolute Gasteiger partial charge is 0.350 e. The molecule has 4 aromatic rings. The molecular weight excluding hydrogens is 430 g/mol. The van der Waals surface area contributed by atoms with Crippen molar-refractivity contribution in [2.24, 2.45) is 0 Å². The summed E-state index contributed by atoms with van der Waals surface area (Å²) in [6, 6.07) is 16.9. The average molecular weight is 458 g/mol. The highest BCUT2D eigenvalue weighted by molar-refractivity contribution is 5.94. The molecule has 2 N–H and O–H groups in total. The third-order valence-electron chi connectivity index (χ3n) is 5.71. The van der Waals surface area contributed by atoms with Gasteiger partial charge in [-0.25, -0.2) is 13.9 Å². The zero-order valence-corrected chi connectivity index (χ0v) is 19.5. The van der Waals surface area contributed by atoms with Crippen LogP contribution in [0.4, 0.5) is 5.69 Å². The Labute approximate surface area is 197 Å². The fraction of sp³-hybridized carbons (Fsp3) is 0.231. The SMILES string of the molecule is CCc1cccc(C)c1NC(=O)Cn1nc2ccc(C(=O)NCc3ccc(C)cc3)cn2c1=O. The van der Waals surface area contributed by atoms with Gasteiger partial charge in [0.2, 0.25) is 5.91 Å². The Balaban J connectivity index is 1.48. The van der Waals surface area contributed by atoms with E-state index in [2.05, 4.69) is 15.7 Å². The smallest absolute Gasteiger partial charge is 0.348 e. The molecule has 0 saturated carbocycles. The Morgan fingerprint density at radius 2 is 1.76 bits per heavy atom. The number of rotatable bonds is 7. The molecule has 0 aliphatic carbocycles. The van der Waals surface area contributed by atoms with E-state index in [-0.39, 0.29) is 18.4 Å². The standard InChI is InChI=1S/C26H27N5O3/c1-4-20-7-5-6-18(3)24(20)28-23(32)16-31-26(34)30-15-21(12-13-22(30)29-31)25(33)27-14-19-10-8-17(2)9-11-19/h5-13,15H,4,14,16H2,1-3H3,(H,27,33)(H,28,32). The summed E-state index contributed by atoms with van der Waals surface area (Å²) < 4.78 is 2.38. The van der Waals surface area contributed by atoms with E-state index < -0.39 is 5.69 Å². The minimum Gasteiger partial charge on any atom is -0.348 e. The fourth-order valence-electron chi connectivity index (χ4n) is 3.76. The van der Waals surface area contributed by atoms with Crippen molar-refractivity contribution < 1.29 is 9.59 Å². The number of nitrogens with zero attached hydrogens (tertiary/aromatic N) is 3. The summed E-state index contributed by atoms with van der Waals surface area (Å²) in [5, 5.41) is 9.99. The third kappa shape index (κ3) is 4.91. The summed E-state index contributed by atoms with van der Waals surface area (Å²) in [4.78, 5) is 38.1. The Kier molecular flexibility index (Phi) is 6.58. The summed E-state index contributed by atoms with van der Waals surface area (Å²) in [7, 11) is 0. The molecule has 4 rings (SSSR count). The monoisotopic (exact) mass is 457 g/mol. The van der Waals surface area contributed by atoms with Crippen molar-refractivity contribution in [3.05, 3.63) is 99.1 Å². The molecule has 0 bridgehead atoms. The molecule has 34 heavy (non-hydrogen) atoms. The topological polar surface area (TPSA) is 97.5 Å². The van der Waals surface area contributed by atoms with Crippen molar-refractivity contribution in [1.82, 2.24) is 19.5 Å². The summed E-state index contributed by atoms with van der Waals surface area (Å²) in [6.45, 7) is 6.10. The number of nitrogens with one attached hydrogen (secondary N) is 2. The number of carbonyl (C=O) groups is 2. The van der Waals surface area contributed by atoms with E-state index in [1.54, 1.807) is 12.1 Å². The molecule has 0 aliphatic rings. The van der Waals surface area contributed by atoms with Crippen LogP contribution < -0.4 is 16.3 Å². The van der Waals surface area contributed by atoms with Crippen molar-refractivity contribution in [2.75, 3.05) is 5.32 Å². The van der Waals surface area contributed by atoms with Crippen LogP contribution in [0.1, 0.15) is 39.5 Å². The first kappa shape index (κ1) is 23.0. The molecule has 0 unspecified atom stereocenters. The lowest BCUT2D eigenvalue weighted by Gasteiger charge is -2.12. The first-order valence-electron chi connectivity index (χ1n) is 11.2. The lowest BCUT2D eigenvalue weighted by atomic mass is 10.1. The van der Waals surface area contributed by atoms with Crippen molar-refractivity contribution in [3.63, 3.8) is 0 Å². The number of carbonyl (C=O) groups excluding carboxylic acids is 2. The first-order chi connectivity index (χ1) is 16.4. The van der Waals surface area contributed by atoms with Gasteiger partial charge in [-0.3, -0.25) is 9.59 Å². The number of hydrogen-bond acceptors (Lipinski definition) is 4. The van der Waals surface area contributed by atoms with Gasteiger partial charge >= 0.3 is 5.69 Å². The molecular formula is C26H27N5O3. The first-order valence-corrected chi connectivity index (χ1v) is 11.2. The molecule has 8 nitrogen and oxygen atoms in total. The van der Waals surface area contributed by atoms with Crippen molar-refractivity contribution in [2.45, 2.75) is 40.3 Å². The second-order valence-corrected chi connectivity index (χ2v) is 8.27. The van der Waals surface area contributed by atoms with Gasteiger partial charge in [0.25, 0.3) is 5.91 Å². The number of anilines is 1. The van der Waals surface area contributed by atoms with Gasteiger partial charge in [0.1, 0.15) is 6.54 Å². The van der Waals surface area contributed by atoms with E-state index in [1.165, 1.54) is 10.6 Å². The maximum atomic E-state index is 12.8. The molecule has 0 aliphatic heterocycles. The predicted octanol–water partition coefficient (Wildman–Crippen LogP) is 3.24. The van der Waals surface area contributed by atoms with Crippen molar-refractivity contribution in [1.29, 1.82) is 0 Å². The number of aromatic nitrogens is 3. The van der Waals surface area contributed by atoms with Crippen LogP contribution in [-0.4, -0.2) is 26.0 Å². The zero-order valence-electron chi connectivity index (χ0n) is 19.5. The Hall–Kier alpha value is -4.20. The minimum absolute atomic E-state index is 0.229. The van der Waals surface area contributed by atoms with E-state index in [0.717, 1.165) is 39.0 Å². The van der Waals surface area contributed by atoms with Gasteiger partial charge in [-0.15, -0.1) is 5.10 Å². The number of para-hydroxylation sites is 1. The number of fused-ring (bicyclic) bond motifs is 1. The van der Waals surface area contributed by atoms with Gasteiger partial charge in [-0.05, 0) is 49.1 Å². The van der Waals surface area contributed by atoms with Gasteiger partial charge in [-0.2, -0.15) is 0 Å². The van der Waals surface area contributed by atoms with Gasteiger partial charge in [-0.1, -0.05) is 55.0 Å². The Morgan fingerprint density at radius 1 is 1.00 bits per heavy atom. The van der Waals surface area contributed by atoms with E-state index in [4.69, 9.17) is 0 Å². The molecule has 0 spiro atoms. The van der Waals surface area contributed by atoms with Gasteiger partial charge < -0.3 is 10.6 Å². The summed E-state index contributed by atoms with van der Waals surface area (Å²) in [6.07, 6.45) is 2.22. The van der Waals surface area contributed by atoms with E-state index in [0.29, 0.717) is 17.8 Å². The molecule has 0 radical (unpaired) electrons. The minimum atomic E-state index is -0.487. The van der Waals surface area contributed by atoms with Gasteiger partial charge in [0, 0.05) is 18.4 Å². The normalized spacial score (nSPS) is 10.9. The predicted molar refractivity (Wildman–Crippen MR) is 131 cm³/mol. The van der Waals surface area contributed by atoms with Crippen LogP contribution >= 0.6 is 0 Å². The quantitative estimate of drug-likeness (QED) is 0.445. The summed E-state index contributed by atoms with van der Waals surface area (Å²) >= 11 is 0. The van der Waals surface area contributed by atoms with Crippen LogP contribution in [0.5, 0.6) is 0 Å². The molecule has 2 amide bonds. The second kappa shape index (κ2) is 9.74. The van der Waals surface area contributed by atoms with Crippen LogP contribution in [0.15, 0.2) is 65.6 Å². The number of pyridine rings is 1. The second-order valence-electron chi connectivity index (χ2n) is 8.27. The number of amides is 2. The third-order valence-corrected chi connectivity index (χ3v) is 5.71. The van der Waals surface area contributed by atoms with Crippen LogP contribution in [0.3, 0.4) is 0 Å². The van der Waals surface area contributed by atoms with Crippen LogP contribution in [-0.2, 0) is 24.3 Å². The Morgan fingerprint density at radius 3 is 2.50 bits per heavy atom. The molecule has 2 heterocycles. The highest BCUT2D eigenvalue weighted by Crippen LogP contribution is 2.21. The van der Waals surface area contributed by atoms with E-state index >= 15 is 0 Å². The lowest BCUT2D eigenvalue weighted by Crippen LogP contribution is -2.29. The maximum absolute atomic E-state index is 12.8. The van der Waals surface area contributed by atoms with E-state index in [1.807, 2.05) is 63.2 Å². The van der Waals surface area contributed by atoms with Gasteiger partial charge in [0.05, 0.1) is 5.56 Å². The molecule has 0 saturated heterocycles. The summed E-state index contributed by atoms with van der Waals surface area (Å²) in [5.41, 5.74) is 5.08. The molecule has 0 atom stereocenters. The van der Waals surface area contributed by atoms with Crippen LogP contribution in [0, 0.1) is 13.8 Å². The zero-order chi connectivity index (χ0) is 24.2. The number of aryl methyl sites for hydroxylation is 3. The Bertz CT molecular complexity index is 1420. The molecule has 2 aromatic heterocycles. The van der Waals surface area contributed by atoms with Crippen LogP contribution in [0.2, 0.25) is 0 Å². The average Bonchev–Trinajstić information content (AvgIpc) is 3.14. The highest BCUT2D eigenvalue weighted by Gasteiger charge is 2.15. The van der Waals surface area contributed by atoms with E-state index in [9.17, 15) is 14.4 Å². The van der Waals surface area contributed by atoms with Crippen LogP contribution in [0.25, 0.3) is 5.65 Å². The highest BCUT2D eigenvalue weighted by atomic mass is 16.2. The van der Waals surface area contributed by atoms with Gasteiger partial charge in [0.15, 0.2) is 5.65 Å². The van der Waals surface area contributed by atoms with Crippen molar-refractivity contribution >= 4 is 23.1 Å². The lowest BCUT2D eigenvalue weighted by molar-refractivity contribution is -0.117.